The number of rotatable bonds is 2. The lowest BCUT2D eigenvalue weighted by Gasteiger charge is -2.41. The SMILES string of the molecule is CC1(C)CCC(C)(C)c2cc(C(=O)Oc3ccccc3)ccc21. The molecule has 0 amide bonds. The van der Waals surface area contributed by atoms with Crippen LogP contribution in [0.2, 0.25) is 0 Å². The number of esters is 1. The molecule has 0 atom stereocenters. The molecule has 1 aliphatic rings. The van der Waals surface area contributed by atoms with Gasteiger partial charge in [-0.05, 0) is 59.1 Å². The van der Waals surface area contributed by atoms with Crippen LogP contribution in [0.1, 0.15) is 62.0 Å². The van der Waals surface area contributed by atoms with Crippen molar-refractivity contribution in [2.75, 3.05) is 0 Å². The molecule has 0 bridgehead atoms. The van der Waals surface area contributed by atoms with Crippen molar-refractivity contribution < 1.29 is 9.53 Å². The molecule has 0 saturated carbocycles. The van der Waals surface area contributed by atoms with Crippen LogP contribution in [0, 0.1) is 0 Å². The highest BCUT2D eigenvalue weighted by atomic mass is 16.5. The first-order valence-corrected chi connectivity index (χ1v) is 8.22. The van der Waals surface area contributed by atoms with Crippen molar-refractivity contribution in [3.05, 3.63) is 65.2 Å². The van der Waals surface area contributed by atoms with Crippen LogP contribution in [0.15, 0.2) is 48.5 Å². The third kappa shape index (κ3) is 3.03. The van der Waals surface area contributed by atoms with Gasteiger partial charge in [-0.2, -0.15) is 0 Å². The molecule has 23 heavy (non-hydrogen) atoms. The minimum atomic E-state index is -0.293. The molecular formula is C21H24O2. The molecule has 0 aliphatic heterocycles. The van der Waals surface area contributed by atoms with Crippen molar-refractivity contribution in [3.63, 3.8) is 0 Å². The zero-order chi connectivity index (χ0) is 16.7. The van der Waals surface area contributed by atoms with E-state index in [0.717, 1.165) is 6.42 Å². The summed E-state index contributed by atoms with van der Waals surface area (Å²) < 4.78 is 5.47. The smallest absolute Gasteiger partial charge is 0.343 e. The Bertz CT molecular complexity index is 727. The zero-order valence-electron chi connectivity index (χ0n) is 14.3. The highest BCUT2D eigenvalue weighted by Gasteiger charge is 2.37. The first-order valence-electron chi connectivity index (χ1n) is 8.22. The van der Waals surface area contributed by atoms with Gasteiger partial charge in [0.25, 0.3) is 0 Å². The number of carbonyl (C=O) groups excluding carboxylic acids is 1. The Labute approximate surface area is 138 Å². The van der Waals surface area contributed by atoms with Crippen molar-refractivity contribution in [2.24, 2.45) is 0 Å². The second-order valence-corrected chi connectivity index (χ2v) is 7.73. The molecule has 0 N–H and O–H groups in total. The summed E-state index contributed by atoms with van der Waals surface area (Å²) in [5, 5.41) is 0. The lowest BCUT2D eigenvalue weighted by atomic mass is 9.63. The fourth-order valence-corrected chi connectivity index (χ4v) is 3.37. The Kier molecular flexibility index (Phi) is 3.79. The van der Waals surface area contributed by atoms with Crippen molar-refractivity contribution in [1.29, 1.82) is 0 Å². The van der Waals surface area contributed by atoms with Crippen LogP contribution in [0.25, 0.3) is 0 Å². The summed E-state index contributed by atoms with van der Waals surface area (Å²) in [6.07, 6.45) is 2.30. The summed E-state index contributed by atoms with van der Waals surface area (Å²) in [6.45, 7) is 9.08. The predicted molar refractivity (Wildman–Crippen MR) is 93.1 cm³/mol. The molecule has 1 aliphatic carbocycles. The van der Waals surface area contributed by atoms with Gasteiger partial charge >= 0.3 is 5.97 Å². The molecule has 0 saturated heterocycles. The van der Waals surface area contributed by atoms with Gasteiger partial charge in [0.1, 0.15) is 5.75 Å². The number of hydrogen-bond acceptors (Lipinski definition) is 2. The molecule has 0 unspecified atom stereocenters. The molecule has 0 aromatic heterocycles. The predicted octanol–water partition coefficient (Wildman–Crippen LogP) is 5.25. The van der Waals surface area contributed by atoms with Gasteiger partial charge in [-0.25, -0.2) is 4.79 Å². The number of benzene rings is 2. The van der Waals surface area contributed by atoms with Crippen LogP contribution in [-0.4, -0.2) is 5.97 Å². The molecule has 0 fully saturated rings. The van der Waals surface area contributed by atoms with E-state index in [9.17, 15) is 4.79 Å². The molecule has 0 radical (unpaired) electrons. The van der Waals surface area contributed by atoms with Gasteiger partial charge in [-0.3, -0.25) is 0 Å². The summed E-state index contributed by atoms with van der Waals surface area (Å²) in [5.74, 6) is 0.285. The van der Waals surface area contributed by atoms with Gasteiger partial charge in [0.2, 0.25) is 0 Å². The molecule has 0 spiro atoms. The van der Waals surface area contributed by atoms with E-state index >= 15 is 0 Å². The third-order valence-corrected chi connectivity index (χ3v) is 5.04. The van der Waals surface area contributed by atoms with Gasteiger partial charge in [0.15, 0.2) is 0 Å². The van der Waals surface area contributed by atoms with Crippen molar-refractivity contribution >= 4 is 5.97 Å². The monoisotopic (exact) mass is 308 g/mol. The average molecular weight is 308 g/mol. The fraction of sp³-hybridized carbons (Fsp3) is 0.381. The van der Waals surface area contributed by atoms with Crippen LogP contribution in [0.3, 0.4) is 0 Å². The molecule has 2 aromatic carbocycles. The molecule has 120 valence electrons. The number of fused-ring (bicyclic) bond motifs is 1. The first kappa shape index (κ1) is 15.8. The van der Waals surface area contributed by atoms with Gasteiger partial charge in [-0.15, -0.1) is 0 Å². The number of ether oxygens (including phenoxy) is 1. The molecule has 2 heteroatoms. The van der Waals surface area contributed by atoms with Crippen LogP contribution in [0.5, 0.6) is 5.75 Å². The number of carbonyl (C=O) groups is 1. The maximum Gasteiger partial charge on any atom is 0.343 e. The van der Waals surface area contributed by atoms with Crippen LogP contribution in [0.4, 0.5) is 0 Å². The largest absolute Gasteiger partial charge is 0.423 e. The summed E-state index contributed by atoms with van der Waals surface area (Å²) in [7, 11) is 0. The minimum absolute atomic E-state index is 0.0912. The van der Waals surface area contributed by atoms with Crippen molar-refractivity contribution in [1.82, 2.24) is 0 Å². The van der Waals surface area contributed by atoms with E-state index in [2.05, 4.69) is 33.8 Å². The molecule has 2 nitrogen and oxygen atoms in total. The number of hydrogen-bond donors (Lipinski definition) is 0. The van der Waals surface area contributed by atoms with Gasteiger partial charge in [0.05, 0.1) is 5.56 Å². The number of para-hydroxylation sites is 1. The quantitative estimate of drug-likeness (QED) is 0.559. The normalized spacial score (nSPS) is 18.1. The summed E-state index contributed by atoms with van der Waals surface area (Å²) in [6, 6.07) is 15.3. The summed E-state index contributed by atoms with van der Waals surface area (Å²) in [5.41, 5.74) is 3.50. The molecular weight excluding hydrogens is 284 g/mol. The van der Waals surface area contributed by atoms with Crippen LogP contribution < -0.4 is 4.74 Å². The molecule has 0 heterocycles. The Balaban J connectivity index is 1.95. The third-order valence-electron chi connectivity index (χ3n) is 5.04. The molecule has 2 aromatic rings. The van der Waals surface area contributed by atoms with Crippen molar-refractivity contribution in [3.8, 4) is 5.75 Å². The minimum Gasteiger partial charge on any atom is -0.423 e. The van der Waals surface area contributed by atoms with E-state index in [1.165, 1.54) is 17.5 Å². The van der Waals surface area contributed by atoms with Gasteiger partial charge in [-0.1, -0.05) is 52.0 Å². The average Bonchev–Trinajstić information content (AvgIpc) is 2.52. The van der Waals surface area contributed by atoms with Gasteiger partial charge < -0.3 is 4.74 Å². The van der Waals surface area contributed by atoms with E-state index in [1.54, 1.807) is 12.1 Å². The van der Waals surface area contributed by atoms with E-state index < -0.39 is 0 Å². The Morgan fingerprint density at radius 2 is 1.48 bits per heavy atom. The Morgan fingerprint density at radius 1 is 0.870 bits per heavy atom. The lowest BCUT2D eigenvalue weighted by molar-refractivity contribution is 0.0734. The highest BCUT2D eigenvalue weighted by Crippen LogP contribution is 2.45. The van der Waals surface area contributed by atoms with E-state index in [4.69, 9.17) is 4.74 Å². The van der Waals surface area contributed by atoms with Crippen LogP contribution in [-0.2, 0) is 10.8 Å². The second-order valence-electron chi connectivity index (χ2n) is 7.73. The zero-order valence-corrected chi connectivity index (χ0v) is 14.3. The van der Waals surface area contributed by atoms with E-state index in [1.807, 2.05) is 30.3 Å². The van der Waals surface area contributed by atoms with Crippen molar-refractivity contribution in [2.45, 2.75) is 51.4 Å². The van der Waals surface area contributed by atoms with E-state index in [0.29, 0.717) is 11.3 Å². The Morgan fingerprint density at radius 3 is 2.13 bits per heavy atom. The standard InChI is InChI=1S/C21H24O2/c1-20(2)12-13-21(3,4)18-14-15(10-11-17(18)20)19(22)23-16-8-6-5-7-9-16/h5-11,14H,12-13H2,1-4H3. The molecule has 3 rings (SSSR count). The maximum atomic E-state index is 12.5. The Hall–Kier alpha value is -2.09. The van der Waals surface area contributed by atoms with E-state index in [-0.39, 0.29) is 16.8 Å². The summed E-state index contributed by atoms with van der Waals surface area (Å²) >= 11 is 0. The fourth-order valence-electron chi connectivity index (χ4n) is 3.37. The van der Waals surface area contributed by atoms with Crippen LogP contribution >= 0.6 is 0 Å². The summed E-state index contributed by atoms with van der Waals surface area (Å²) in [4.78, 5) is 12.5. The topological polar surface area (TPSA) is 26.3 Å². The maximum absolute atomic E-state index is 12.5. The van der Waals surface area contributed by atoms with Gasteiger partial charge in [0, 0.05) is 0 Å². The lowest BCUT2D eigenvalue weighted by Crippen LogP contribution is -2.34. The second kappa shape index (κ2) is 5.52. The highest BCUT2D eigenvalue weighted by molar-refractivity contribution is 5.91. The first-order chi connectivity index (χ1) is 10.8.